The lowest BCUT2D eigenvalue weighted by atomic mass is 9.83. The van der Waals surface area contributed by atoms with E-state index < -0.39 is 12.7 Å². The van der Waals surface area contributed by atoms with Gasteiger partial charge in [0.25, 0.3) is 0 Å². The molecule has 2 rings (SSSR count). The maximum atomic E-state index is 12.6. The summed E-state index contributed by atoms with van der Waals surface area (Å²) in [6.07, 6.45) is -0.505. The number of carbonyl (C=O) groups is 1. The second kappa shape index (κ2) is 7.38. The molecule has 2 heterocycles. The maximum absolute atomic E-state index is 12.6. The van der Waals surface area contributed by atoms with Gasteiger partial charge in [-0.05, 0) is 38.8 Å². The molecule has 0 aromatic heterocycles. The molecule has 2 aliphatic rings. The van der Waals surface area contributed by atoms with Crippen LogP contribution in [0.5, 0.6) is 0 Å². The Morgan fingerprint density at radius 1 is 1.26 bits per heavy atom. The number of likely N-dealkylation sites (tertiary alicyclic amines) is 2. The van der Waals surface area contributed by atoms with Crippen molar-refractivity contribution in [1.82, 2.24) is 9.80 Å². The summed E-state index contributed by atoms with van der Waals surface area (Å²) < 4.78 is 37.2. The van der Waals surface area contributed by atoms with Crippen molar-refractivity contribution in [2.75, 3.05) is 39.3 Å². The van der Waals surface area contributed by atoms with Crippen molar-refractivity contribution in [1.29, 1.82) is 0 Å². The van der Waals surface area contributed by atoms with Crippen LogP contribution in [0.4, 0.5) is 13.2 Å². The summed E-state index contributed by atoms with van der Waals surface area (Å²) in [5.41, 5.74) is -0.179. The number of rotatable bonds is 5. The fourth-order valence-corrected chi connectivity index (χ4v) is 3.92. The van der Waals surface area contributed by atoms with Crippen molar-refractivity contribution < 1.29 is 23.1 Å². The molecule has 0 aliphatic carbocycles. The number of carbonyl (C=O) groups excluding carboxylic acids is 1. The molecule has 0 saturated carbocycles. The van der Waals surface area contributed by atoms with Crippen LogP contribution in [0.15, 0.2) is 0 Å². The second-order valence-electron chi connectivity index (χ2n) is 7.08. The molecule has 23 heavy (non-hydrogen) atoms. The Balaban J connectivity index is 1.84. The van der Waals surface area contributed by atoms with E-state index >= 15 is 0 Å². The number of amides is 1. The highest BCUT2D eigenvalue weighted by atomic mass is 19.4. The summed E-state index contributed by atoms with van der Waals surface area (Å²) >= 11 is 0. The van der Waals surface area contributed by atoms with E-state index in [0.717, 1.165) is 19.3 Å². The number of nitrogens with zero attached hydrogens (tertiary/aromatic N) is 2. The average molecular weight is 336 g/mol. The summed E-state index contributed by atoms with van der Waals surface area (Å²) in [5, 5.41) is 9.65. The maximum Gasteiger partial charge on any atom is 0.401 e. The molecule has 1 atom stereocenters. The molecule has 134 valence electrons. The topological polar surface area (TPSA) is 43.8 Å². The molecule has 7 heteroatoms. The van der Waals surface area contributed by atoms with Gasteiger partial charge in [0, 0.05) is 24.4 Å². The molecule has 0 bridgehead atoms. The molecule has 2 aliphatic heterocycles. The number of piperidine rings is 1. The lowest BCUT2D eigenvalue weighted by molar-refractivity contribution is -0.151. The van der Waals surface area contributed by atoms with E-state index in [9.17, 15) is 23.1 Å². The number of alkyl halides is 3. The standard InChI is InChI=1S/C16H27F3N2O2/c1-2-5-15(12-22)6-9-21(10-15)14(23)13-3-7-20(8-4-13)11-16(17,18)19/h13,22H,2-12H2,1H3. The first-order valence-corrected chi connectivity index (χ1v) is 8.47. The van der Waals surface area contributed by atoms with Crippen LogP contribution in [0.25, 0.3) is 0 Å². The normalized spacial score (nSPS) is 27.6. The fourth-order valence-electron chi connectivity index (χ4n) is 3.92. The Morgan fingerprint density at radius 2 is 1.91 bits per heavy atom. The highest BCUT2D eigenvalue weighted by Crippen LogP contribution is 2.36. The van der Waals surface area contributed by atoms with Gasteiger partial charge in [-0.25, -0.2) is 0 Å². The molecule has 0 spiro atoms. The monoisotopic (exact) mass is 336 g/mol. The molecule has 0 radical (unpaired) electrons. The van der Waals surface area contributed by atoms with Crippen molar-refractivity contribution in [3.63, 3.8) is 0 Å². The minimum atomic E-state index is -4.17. The predicted octanol–water partition coefficient (Wildman–Crippen LogP) is 2.27. The van der Waals surface area contributed by atoms with Gasteiger partial charge in [0.1, 0.15) is 0 Å². The number of hydrogen-bond donors (Lipinski definition) is 1. The SMILES string of the molecule is CCCC1(CO)CCN(C(=O)C2CCN(CC(F)(F)F)CC2)C1. The second-order valence-corrected chi connectivity index (χ2v) is 7.08. The van der Waals surface area contributed by atoms with Crippen LogP contribution in [0.1, 0.15) is 39.0 Å². The lowest BCUT2D eigenvalue weighted by Gasteiger charge is -2.34. The summed E-state index contributed by atoms with van der Waals surface area (Å²) in [6, 6.07) is 0. The van der Waals surface area contributed by atoms with Crippen molar-refractivity contribution in [2.24, 2.45) is 11.3 Å². The Bertz CT molecular complexity index is 409. The average Bonchev–Trinajstić information content (AvgIpc) is 2.91. The number of aliphatic hydroxyl groups is 1. The van der Waals surface area contributed by atoms with Gasteiger partial charge >= 0.3 is 6.18 Å². The Morgan fingerprint density at radius 3 is 2.43 bits per heavy atom. The van der Waals surface area contributed by atoms with E-state index in [1.165, 1.54) is 4.90 Å². The molecule has 1 unspecified atom stereocenters. The van der Waals surface area contributed by atoms with Gasteiger partial charge in [-0.15, -0.1) is 0 Å². The van der Waals surface area contributed by atoms with Gasteiger partial charge in [-0.3, -0.25) is 9.69 Å². The van der Waals surface area contributed by atoms with Crippen LogP contribution < -0.4 is 0 Å². The number of halogens is 3. The van der Waals surface area contributed by atoms with Crippen LogP contribution in [0.3, 0.4) is 0 Å². The largest absolute Gasteiger partial charge is 0.401 e. The number of hydrogen-bond acceptors (Lipinski definition) is 3. The first-order chi connectivity index (χ1) is 10.8. The highest BCUT2D eigenvalue weighted by molar-refractivity contribution is 5.79. The molecule has 2 fully saturated rings. The highest BCUT2D eigenvalue weighted by Gasteiger charge is 2.41. The predicted molar refractivity (Wildman–Crippen MR) is 80.8 cm³/mol. The van der Waals surface area contributed by atoms with E-state index in [2.05, 4.69) is 6.92 Å². The van der Waals surface area contributed by atoms with Crippen LogP contribution >= 0.6 is 0 Å². The molecule has 0 aromatic carbocycles. The minimum Gasteiger partial charge on any atom is -0.396 e. The molecule has 1 N–H and O–H groups in total. The van der Waals surface area contributed by atoms with E-state index in [1.54, 1.807) is 0 Å². The van der Waals surface area contributed by atoms with Gasteiger partial charge in [0.15, 0.2) is 0 Å². The van der Waals surface area contributed by atoms with E-state index in [-0.39, 0.29) is 23.8 Å². The van der Waals surface area contributed by atoms with Crippen molar-refractivity contribution >= 4 is 5.91 Å². The van der Waals surface area contributed by atoms with Gasteiger partial charge in [-0.1, -0.05) is 13.3 Å². The minimum absolute atomic E-state index is 0.0584. The zero-order valence-electron chi connectivity index (χ0n) is 13.7. The quantitative estimate of drug-likeness (QED) is 0.838. The van der Waals surface area contributed by atoms with E-state index in [4.69, 9.17) is 0 Å². The summed E-state index contributed by atoms with van der Waals surface area (Å²) in [7, 11) is 0. The van der Waals surface area contributed by atoms with Gasteiger partial charge in [-0.2, -0.15) is 13.2 Å². The van der Waals surface area contributed by atoms with Crippen molar-refractivity contribution in [2.45, 2.75) is 45.2 Å². The van der Waals surface area contributed by atoms with Gasteiger partial charge in [0.05, 0.1) is 13.2 Å². The van der Waals surface area contributed by atoms with Crippen molar-refractivity contribution in [3.8, 4) is 0 Å². The van der Waals surface area contributed by atoms with E-state index in [1.807, 2.05) is 4.90 Å². The first-order valence-electron chi connectivity index (χ1n) is 8.47. The summed E-state index contributed by atoms with van der Waals surface area (Å²) in [5.74, 6) is -0.112. The van der Waals surface area contributed by atoms with E-state index in [0.29, 0.717) is 39.0 Å². The zero-order chi connectivity index (χ0) is 17.1. The van der Waals surface area contributed by atoms with Crippen LogP contribution in [0, 0.1) is 11.3 Å². The zero-order valence-corrected chi connectivity index (χ0v) is 13.7. The molecule has 4 nitrogen and oxygen atoms in total. The Labute approximate surface area is 135 Å². The van der Waals surface area contributed by atoms with Gasteiger partial charge in [0.2, 0.25) is 5.91 Å². The number of aliphatic hydroxyl groups excluding tert-OH is 1. The van der Waals surface area contributed by atoms with Crippen LogP contribution in [-0.4, -0.2) is 66.3 Å². The van der Waals surface area contributed by atoms with Crippen LogP contribution in [-0.2, 0) is 4.79 Å². The van der Waals surface area contributed by atoms with Crippen LogP contribution in [0.2, 0.25) is 0 Å². The summed E-state index contributed by atoms with van der Waals surface area (Å²) in [4.78, 5) is 15.8. The molecular formula is C16H27F3N2O2. The molecule has 0 aromatic rings. The van der Waals surface area contributed by atoms with Gasteiger partial charge < -0.3 is 10.0 Å². The summed E-state index contributed by atoms with van der Waals surface area (Å²) in [6.45, 7) is 3.16. The molecule has 1 amide bonds. The Kier molecular flexibility index (Phi) is 5.94. The Hall–Kier alpha value is -0.820. The lowest BCUT2D eigenvalue weighted by Crippen LogP contribution is -2.45. The third kappa shape index (κ3) is 4.83. The first kappa shape index (κ1) is 18.5. The molecule has 2 saturated heterocycles. The fraction of sp³-hybridized carbons (Fsp3) is 0.938. The third-order valence-corrected chi connectivity index (χ3v) is 5.21. The third-order valence-electron chi connectivity index (χ3n) is 5.21. The van der Waals surface area contributed by atoms with Crippen molar-refractivity contribution in [3.05, 3.63) is 0 Å². The smallest absolute Gasteiger partial charge is 0.396 e. The molecular weight excluding hydrogens is 309 g/mol.